The Morgan fingerprint density at radius 1 is 1.25 bits per heavy atom. The first-order valence-corrected chi connectivity index (χ1v) is 7.37. The quantitative estimate of drug-likeness (QED) is 0.564. The fraction of sp³-hybridized carbons (Fsp3) is 0.647. The zero-order valence-electron chi connectivity index (χ0n) is 13.9. The lowest BCUT2D eigenvalue weighted by Gasteiger charge is -2.12. The predicted molar refractivity (Wildman–Crippen MR) is 84.6 cm³/mol. The minimum Gasteiger partial charge on any atom is -0.494 e. The Morgan fingerprint density at radius 3 is 2.05 bits per heavy atom. The molecule has 1 aliphatic carbocycles. The number of carbonyl (C=O) groups excluding carboxylic acids is 2. The van der Waals surface area contributed by atoms with Crippen LogP contribution in [-0.2, 0) is 14.3 Å². The fourth-order valence-corrected chi connectivity index (χ4v) is 1.58. The third kappa shape index (κ3) is 9.54. The lowest BCUT2D eigenvalue weighted by atomic mass is 9.92. The number of hydrogen-bond donors (Lipinski definition) is 0. The zero-order valence-corrected chi connectivity index (χ0v) is 13.9. The van der Waals surface area contributed by atoms with E-state index in [4.69, 9.17) is 0 Å². The van der Waals surface area contributed by atoms with Gasteiger partial charge in [-0.25, -0.2) is 0 Å². The molecule has 0 heterocycles. The van der Waals surface area contributed by atoms with Crippen molar-refractivity contribution in [2.45, 2.75) is 60.3 Å². The van der Waals surface area contributed by atoms with Crippen molar-refractivity contribution in [3.63, 3.8) is 0 Å². The van der Waals surface area contributed by atoms with E-state index in [1.807, 2.05) is 27.7 Å². The summed E-state index contributed by atoms with van der Waals surface area (Å²) in [6, 6.07) is 0. The Kier molecular flexibility index (Phi) is 13.2. The van der Waals surface area contributed by atoms with Crippen molar-refractivity contribution in [1.29, 1.82) is 0 Å². The SMILES string of the molecule is C=C(OC)C(C)=O.CC.CC(C)C(=O)C1=CCCCC1. The largest absolute Gasteiger partial charge is 0.494 e. The maximum atomic E-state index is 11.4. The van der Waals surface area contributed by atoms with Gasteiger partial charge < -0.3 is 4.74 Å². The zero-order chi connectivity index (χ0) is 16.1. The van der Waals surface area contributed by atoms with Gasteiger partial charge in [0.05, 0.1) is 7.11 Å². The van der Waals surface area contributed by atoms with E-state index in [9.17, 15) is 9.59 Å². The van der Waals surface area contributed by atoms with Gasteiger partial charge in [-0.05, 0) is 31.3 Å². The minimum absolute atomic E-state index is 0.123. The molecule has 0 saturated heterocycles. The average Bonchev–Trinajstić information content (AvgIpc) is 2.49. The summed E-state index contributed by atoms with van der Waals surface area (Å²) in [5.41, 5.74) is 1.08. The van der Waals surface area contributed by atoms with E-state index >= 15 is 0 Å². The van der Waals surface area contributed by atoms with Gasteiger partial charge >= 0.3 is 0 Å². The molecule has 116 valence electrons. The molecule has 1 aliphatic rings. The van der Waals surface area contributed by atoms with Crippen molar-refractivity contribution in [3.8, 4) is 0 Å². The molecule has 0 atom stereocenters. The average molecular weight is 282 g/mol. The van der Waals surface area contributed by atoms with Gasteiger partial charge in [0.25, 0.3) is 0 Å². The van der Waals surface area contributed by atoms with Gasteiger partial charge in [-0.1, -0.05) is 40.3 Å². The molecule has 0 bridgehead atoms. The van der Waals surface area contributed by atoms with Crippen LogP contribution in [0.3, 0.4) is 0 Å². The van der Waals surface area contributed by atoms with Crippen LogP contribution in [0, 0.1) is 5.92 Å². The number of ketones is 2. The summed E-state index contributed by atoms with van der Waals surface area (Å²) in [6.45, 7) is 12.6. The van der Waals surface area contributed by atoms with E-state index in [2.05, 4.69) is 17.4 Å². The van der Waals surface area contributed by atoms with E-state index in [-0.39, 0.29) is 17.5 Å². The van der Waals surface area contributed by atoms with Crippen molar-refractivity contribution in [1.82, 2.24) is 0 Å². The second-order valence-corrected chi connectivity index (χ2v) is 4.68. The molecule has 0 radical (unpaired) electrons. The summed E-state index contributed by atoms with van der Waals surface area (Å²) in [5, 5.41) is 0. The van der Waals surface area contributed by atoms with Gasteiger partial charge in [-0.2, -0.15) is 0 Å². The number of hydrogen-bond acceptors (Lipinski definition) is 3. The second-order valence-electron chi connectivity index (χ2n) is 4.68. The standard InChI is InChI=1S/C10H16O.C5H8O2.C2H6/c1-8(2)10(11)9-6-4-3-5-7-9;1-4(6)5(2)7-3;1-2/h6,8H,3-5,7H2,1-2H3;2H2,1,3H3;1-2H3. The molecular formula is C17H30O3. The fourth-order valence-electron chi connectivity index (χ4n) is 1.58. The lowest BCUT2D eigenvalue weighted by Crippen LogP contribution is -2.11. The third-order valence-corrected chi connectivity index (χ3v) is 2.77. The molecule has 1 rings (SSSR count). The topological polar surface area (TPSA) is 43.4 Å². The summed E-state index contributed by atoms with van der Waals surface area (Å²) in [6.07, 6.45) is 6.69. The van der Waals surface area contributed by atoms with Gasteiger partial charge in [0.15, 0.2) is 17.3 Å². The monoisotopic (exact) mass is 282 g/mol. The molecule has 0 spiro atoms. The molecule has 0 aromatic rings. The highest BCUT2D eigenvalue weighted by atomic mass is 16.5. The Morgan fingerprint density at radius 2 is 1.80 bits per heavy atom. The van der Waals surface area contributed by atoms with Crippen LogP contribution in [0.1, 0.15) is 60.3 Å². The van der Waals surface area contributed by atoms with Crippen molar-refractivity contribution in [2.75, 3.05) is 7.11 Å². The number of allylic oxidation sites excluding steroid dienone is 3. The molecule has 0 unspecified atom stereocenters. The molecule has 3 heteroatoms. The predicted octanol–water partition coefficient (Wildman–Crippen LogP) is 4.47. The van der Waals surface area contributed by atoms with E-state index in [1.54, 1.807) is 0 Å². The minimum atomic E-state index is -0.123. The van der Waals surface area contributed by atoms with Gasteiger partial charge in [-0.15, -0.1) is 0 Å². The van der Waals surface area contributed by atoms with Crippen LogP contribution in [-0.4, -0.2) is 18.7 Å². The highest BCUT2D eigenvalue weighted by Crippen LogP contribution is 2.20. The maximum absolute atomic E-state index is 11.4. The third-order valence-electron chi connectivity index (χ3n) is 2.77. The van der Waals surface area contributed by atoms with Crippen molar-refractivity contribution >= 4 is 11.6 Å². The Hall–Kier alpha value is -1.38. The van der Waals surface area contributed by atoms with Crippen molar-refractivity contribution < 1.29 is 14.3 Å². The lowest BCUT2D eigenvalue weighted by molar-refractivity contribution is -0.118. The summed E-state index contributed by atoms with van der Waals surface area (Å²) in [5.74, 6) is 0.617. The molecule has 0 amide bonds. The van der Waals surface area contributed by atoms with Gasteiger partial charge in [0.2, 0.25) is 0 Å². The Bertz CT molecular complexity index is 338. The number of Topliss-reactive ketones (excluding diaryl/α,β-unsaturated/α-hetero) is 2. The molecule has 20 heavy (non-hydrogen) atoms. The number of methoxy groups -OCH3 is 1. The summed E-state index contributed by atoms with van der Waals surface area (Å²) in [4.78, 5) is 21.6. The smallest absolute Gasteiger partial charge is 0.193 e. The van der Waals surface area contributed by atoms with Crippen LogP contribution in [0.25, 0.3) is 0 Å². The molecule has 0 fully saturated rings. The summed E-state index contributed by atoms with van der Waals surface area (Å²) < 4.78 is 4.47. The molecule has 0 aromatic heterocycles. The summed E-state index contributed by atoms with van der Waals surface area (Å²) >= 11 is 0. The van der Waals surface area contributed by atoms with Crippen LogP contribution < -0.4 is 0 Å². The number of ether oxygens (including phenoxy) is 1. The first-order valence-electron chi connectivity index (χ1n) is 7.37. The van der Waals surface area contributed by atoms with Gasteiger partial charge in [0, 0.05) is 12.8 Å². The normalized spacial score (nSPS) is 13.1. The number of rotatable bonds is 4. The Labute approximate surface area is 124 Å². The van der Waals surface area contributed by atoms with Crippen LogP contribution in [0.15, 0.2) is 24.0 Å². The van der Waals surface area contributed by atoms with Crippen LogP contribution >= 0.6 is 0 Å². The molecule has 3 nitrogen and oxygen atoms in total. The van der Waals surface area contributed by atoms with E-state index in [0.717, 1.165) is 18.4 Å². The van der Waals surface area contributed by atoms with Crippen molar-refractivity contribution in [2.24, 2.45) is 5.92 Å². The van der Waals surface area contributed by atoms with E-state index < -0.39 is 0 Å². The number of carbonyl (C=O) groups is 2. The Balaban J connectivity index is 0. The molecule has 0 aliphatic heterocycles. The summed E-state index contributed by atoms with van der Waals surface area (Å²) in [7, 11) is 1.42. The first-order chi connectivity index (χ1) is 9.40. The van der Waals surface area contributed by atoms with Crippen molar-refractivity contribution in [3.05, 3.63) is 24.0 Å². The molecule has 0 aromatic carbocycles. The van der Waals surface area contributed by atoms with E-state index in [1.165, 1.54) is 26.9 Å². The van der Waals surface area contributed by atoms with Gasteiger partial charge in [0.1, 0.15) is 0 Å². The van der Waals surface area contributed by atoms with Crippen LogP contribution in [0.2, 0.25) is 0 Å². The second kappa shape index (κ2) is 12.6. The van der Waals surface area contributed by atoms with Crippen LogP contribution in [0.4, 0.5) is 0 Å². The maximum Gasteiger partial charge on any atom is 0.193 e. The van der Waals surface area contributed by atoms with E-state index in [0.29, 0.717) is 5.78 Å². The molecule has 0 saturated carbocycles. The molecule has 0 N–H and O–H groups in total. The molecular weight excluding hydrogens is 252 g/mol. The highest BCUT2D eigenvalue weighted by Gasteiger charge is 2.14. The first kappa shape index (κ1) is 20.9. The van der Waals surface area contributed by atoms with Gasteiger partial charge in [-0.3, -0.25) is 9.59 Å². The highest BCUT2D eigenvalue weighted by molar-refractivity contribution is 5.96. The van der Waals surface area contributed by atoms with Crippen LogP contribution in [0.5, 0.6) is 0 Å².